The van der Waals surface area contributed by atoms with Gasteiger partial charge in [-0.1, -0.05) is 48.5 Å². The molecular formula is C24H31FN2O3S2. The molecule has 0 bridgehead atoms. The second-order valence-corrected chi connectivity index (χ2v) is 11.2. The van der Waals surface area contributed by atoms with Gasteiger partial charge in [0.1, 0.15) is 5.82 Å². The van der Waals surface area contributed by atoms with Crippen LogP contribution in [0.25, 0.3) is 0 Å². The Balaban J connectivity index is 1.38. The number of hydrogen-bond donors (Lipinski definition) is 1. The summed E-state index contributed by atoms with van der Waals surface area (Å²) in [6.07, 6.45) is 2.68. The molecule has 1 heterocycles. The first-order chi connectivity index (χ1) is 15.5. The van der Waals surface area contributed by atoms with Gasteiger partial charge in [0.05, 0.1) is 11.7 Å². The average Bonchev–Trinajstić information content (AvgIpc) is 2.80. The number of aryl methyl sites for hydroxylation is 1. The molecule has 0 spiro atoms. The molecule has 8 heteroatoms. The number of nitrogens with zero attached hydrogens (tertiary/aromatic N) is 1. The predicted octanol–water partition coefficient (Wildman–Crippen LogP) is 3.85. The summed E-state index contributed by atoms with van der Waals surface area (Å²) in [5.74, 6) is 0.708. The highest BCUT2D eigenvalue weighted by Crippen LogP contribution is 2.21. The number of rotatable bonds is 11. The highest BCUT2D eigenvalue weighted by molar-refractivity contribution is 7.98. The Kier molecular flexibility index (Phi) is 9.56. The van der Waals surface area contributed by atoms with Crippen molar-refractivity contribution in [2.24, 2.45) is 5.92 Å². The Bertz CT molecular complexity index is 970. The lowest BCUT2D eigenvalue weighted by molar-refractivity contribution is -0.125. The number of benzene rings is 2. The molecule has 1 N–H and O–H groups in total. The van der Waals surface area contributed by atoms with Gasteiger partial charge < -0.3 is 5.32 Å². The SMILES string of the molecule is O=C(NCCSCc1ccccc1F)[C@@H]1CCCN(S(=O)(=O)CCCc2ccccc2)C1. The maximum absolute atomic E-state index is 13.6. The molecule has 1 fully saturated rings. The molecule has 2 aromatic carbocycles. The Morgan fingerprint density at radius 1 is 1.12 bits per heavy atom. The van der Waals surface area contributed by atoms with E-state index in [-0.39, 0.29) is 29.9 Å². The van der Waals surface area contributed by atoms with Gasteiger partial charge >= 0.3 is 0 Å². The molecule has 1 aliphatic heterocycles. The van der Waals surface area contributed by atoms with Crippen LogP contribution in [-0.2, 0) is 27.0 Å². The van der Waals surface area contributed by atoms with Crippen LogP contribution in [0.3, 0.4) is 0 Å². The maximum atomic E-state index is 13.6. The number of carbonyl (C=O) groups is 1. The third-order valence-electron chi connectivity index (χ3n) is 5.62. The summed E-state index contributed by atoms with van der Waals surface area (Å²) in [6, 6.07) is 16.5. The van der Waals surface area contributed by atoms with Crippen molar-refractivity contribution in [3.8, 4) is 0 Å². The minimum Gasteiger partial charge on any atom is -0.355 e. The number of carbonyl (C=O) groups excluding carboxylic acids is 1. The van der Waals surface area contributed by atoms with E-state index < -0.39 is 10.0 Å². The van der Waals surface area contributed by atoms with Crippen LogP contribution in [0.4, 0.5) is 4.39 Å². The first-order valence-corrected chi connectivity index (χ1v) is 13.8. The van der Waals surface area contributed by atoms with Gasteiger partial charge in [0.25, 0.3) is 0 Å². The Hall–Kier alpha value is -1.90. The van der Waals surface area contributed by atoms with Gasteiger partial charge in [-0.3, -0.25) is 4.79 Å². The second kappa shape index (κ2) is 12.4. The smallest absolute Gasteiger partial charge is 0.224 e. The van der Waals surface area contributed by atoms with Crippen LogP contribution in [-0.4, -0.2) is 49.8 Å². The summed E-state index contributed by atoms with van der Waals surface area (Å²) in [7, 11) is -3.37. The van der Waals surface area contributed by atoms with E-state index in [1.807, 2.05) is 36.4 Å². The topological polar surface area (TPSA) is 66.5 Å². The summed E-state index contributed by atoms with van der Waals surface area (Å²) < 4.78 is 40.6. The summed E-state index contributed by atoms with van der Waals surface area (Å²) in [6.45, 7) is 1.22. The lowest BCUT2D eigenvalue weighted by atomic mass is 9.99. The van der Waals surface area contributed by atoms with E-state index in [9.17, 15) is 17.6 Å². The fourth-order valence-corrected chi connectivity index (χ4v) is 6.26. The normalized spacial score (nSPS) is 17.2. The van der Waals surface area contributed by atoms with E-state index in [4.69, 9.17) is 0 Å². The maximum Gasteiger partial charge on any atom is 0.224 e. The average molecular weight is 479 g/mol. The van der Waals surface area contributed by atoms with Crippen LogP contribution in [0.1, 0.15) is 30.4 Å². The molecule has 174 valence electrons. The monoisotopic (exact) mass is 478 g/mol. The first kappa shape index (κ1) is 24.7. The number of sulfonamides is 1. The molecular weight excluding hydrogens is 447 g/mol. The van der Waals surface area contributed by atoms with E-state index in [2.05, 4.69) is 5.32 Å². The quantitative estimate of drug-likeness (QED) is 0.498. The van der Waals surface area contributed by atoms with Crippen molar-refractivity contribution in [2.45, 2.75) is 31.4 Å². The third kappa shape index (κ3) is 7.60. The largest absolute Gasteiger partial charge is 0.355 e. The lowest BCUT2D eigenvalue weighted by Crippen LogP contribution is -2.46. The standard InChI is InChI=1S/C24H31FN2O3S2/c25-23-13-5-4-11-22(23)19-31-16-14-26-24(28)21-12-6-15-27(18-21)32(29,30)17-7-10-20-8-2-1-3-9-20/h1-5,8-9,11,13,21H,6-7,10,12,14-19H2,(H,26,28)/t21-/m1/s1. The van der Waals surface area contributed by atoms with Gasteiger partial charge in [-0.25, -0.2) is 17.1 Å². The summed E-state index contributed by atoms with van der Waals surface area (Å²) in [5, 5.41) is 2.91. The van der Waals surface area contributed by atoms with E-state index in [0.29, 0.717) is 49.4 Å². The molecule has 0 radical (unpaired) electrons. The number of thioether (sulfide) groups is 1. The molecule has 5 nitrogen and oxygen atoms in total. The molecule has 0 aliphatic carbocycles. The first-order valence-electron chi connectivity index (χ1n) is 11.1. The van der Waals surface area contributed by atoms with E-state index >= 15 is 0 Å². The van der Waals surface area contributed by atoms with Crippen LogP contribution in [0.2, 0.25) is 0 Å². The van der Waals surface area contributed by atoms with Crippen molar-refractivity contribution >= 4 is 27.7 Å². The molecule has 1 amide bonds. The Morgan fingerprint density at radius 2 is 1.88 bits per heavy atom. The van der Waals surface area contributed by atoms with Gasteiger partial charge in [-0.2, -0.15) is 11.8 Å². The zero-order valence-corrected chi connectivity index (χ0v) is 19.8. The fraction of sp³-hybridized carbons (Fsp3) is 0.458. The summed E-state index contributed by atoms with van der Waals surface area (Å²) >= 11 is 1.56. The molecule has 2 aromatic rings. The van der Waals surface area contributed by atoms with Crippen LogP contribution in [0.5, 0.6) is 0 Å². The van der Waals surface area contributed by atoms with Gasteiger partial charge in [0.2, 0.25) is 15.9 Å². The summed E-state index contributed by atoms with van der Waals surface area (Å²) in [5.41, 5.74) is 1.79. The number of piperidine rings is 1. The Labute approximate surface area is 194 Å². The highest BCUT2D eigenvalue weighted by atomic mass is 32.2. The Morgan fingerprint density at radius 3 is 2.66 bits per heavy atom. The fourth-order valence-electron chi connectivity index (χ4n) is 3.83. The number of nitrogens with one attached hydrogen (secondary N) is 1. The van der Waals surface area contributed by atoms with E-state index in [1.54, 1.807) is 23.9 Å². The summed E-state index contributed by atoms with van der Waals surface area (Å²) in [4.78, 5) is 12.6. The van der Waals surface area contributed by atoms with Crippen LogP contribution < -0.4 is 5.32 Å². The van der Waals surface area contributed by atoms with Crippen molar-refractivity contribution in [1.82, 2.24) is 9.62 Å². The number of halogens is 1. The molecule has 0 aromatic heterocycles. The minimum absolute atomic E-state index is 0.0966. The highest BCUT2D eigenvalue weighted by Gasteiger charge is 2.31. The van der Waals surface area contributed by atoms with Crippen molar-refractivity contribution in [3.05, 3.63) is 71.5 Å². The molecule has 3 rings (SSSR count). The van der Waals surface area contributed by atoms with Crippen LogP contribution >= 0.6 is 11.8 Å². The predicted molar refractivity (Wildman–Crippen MR) is 128 cm³/mol. The van der Waals surface area contributed by atoms with E-state index in [1.165, 1.54) is 10.4 Å². The zero-order chi connectivity index (χ0) is 22.8. The molecule has 32 heavy (non-hydrogen) atoms. The van der Waals surface area contributed by atoms with Crippen LogP contribution in [0.15, 0.2) is 54.6 Å². The van der Waals surface area contributed by atoms with Gasteiger partial charge in [-0.05, 0) is 42.9 Å². The molecule has 1 atom stereocenters. The van der Waals surface area contributed by atoms with E-state index in [0.717, 1.165) is 12.0 Å². The van der Waals surface area contributed by atoms with Crippen LogP contribution in [0, 0.1) is 11.7 Å². The molecule has 1 aliphatic rings. The van der Waals surface area contributed by atoms with Crippen molar-refractivity contribution in [3.63, 3.8) is 0 Å². The molecule has 0 saturated carbocycles. The van der Waals surface area contributed by atoms with Crippen molar-refractivity contribution in [2.75, 3.05) is 31.1 Å². The van der Waals surface area contributed by atoms with Gasteiger partial charge in [0, 0.05) is 31.1 Å². The third-order valence-corrected chi connectivity index (χ3v) is 8.55. The van der Waals surface area contributed by atoms with Crippen molar-refractivity contribution in [1.29, 1.82) is 0 Å². The van der Waals surface area contributed by atoms with Gasteiger partial charge in [-0.15, -0.1) is 0 Å². The minimum atomic E-state index is -3.37. The molecule has 0 unspecified atom stereocenters. The van der Waals surface area contributed by atoms with Gasteiger partial charge in [0.15, 0.2) is 0 Å². The van der Waals surface area contributed by atoms with Crippen molar-refractivity contribution < 1.29 is 17.6 Å². The zero-order valence-electron chi connectivity index (χ0n) is 18.2. The number of amides is 1. The second-order valence-electron chi connectivity index (χ2n) is 8.04. The lowest BCUT2D eigenvalue weighted by Gasteiger charge is -2.31. The molecule has 1 saturated heterocycles. The number of hydrogen-bond acceptors (Lipinski definition) is 4.